The van der Waals surface area contributed by atoms with E-state index in [0.717, 1.165) is 63.4 Å². The minimum Gasteiger partial charge on any atom is -0.392 e. The van der Waals surface area contributed by atoms with Gasteiger partial charge in [0.25, 0.3) is 0 Å². The summed E-state index contributed by atoms with van der Waals surface area (Å²) in [6.07, 6.45) is 3.02. The zero-order valence-corrected chi connectivity index (χ0v) is 16.9. The van der Waals surface area contributed by atoms with E-state index in [1.807, 2.05) is 6.07 Å². The highest BCUT2D eigenvalue weighted by Crippen LogP contribution is 2.39. The Morgan fingerprint density at radius 3 is 2.70 bits per heavy atom. The van der Waals surface area contributed by atoms with Gasteiger partial charge in [0.05, 0.1) is 17.5 Å². The lowest BCUT2D eigenvalue weighted by atomic mass is 9.71. The predicted molar refractivity (Wildman–Crippen MR) is 108 cm³/mol. The Labute approximate surface area is 162 Å². The number of aliphatic hydroxyl groups excluding tert-OH is 1. The largest absolute Gasteiger partial charge is 0.392 e. The van der Waals surface area contributed by atoms with E-state index in [4.69, 9.17) is 5.10 Å². The van der Waals surface area contributed by atoms with Crippen molar-refractivity contribution >= 4 is 0 Å². The van der Waals surface area contributed by atoms with E-state index in [9.17, 15) is 5.11 Å². The first kappa shape index (κ1) is 18.7. The fourth-order valence-electron chi connectivity index (χ4n) is 5.11. The molecule has 0 unspecified atom stereocenters. The van der Waals surface area contributed by atoms with E-state index in [0.29, 0.717) is 0 Å². The number of likely N-dealkylation sites (tertiary alicyclic amines) is 2. The molecule has 2 fully saturated rings. The number of piperidine rings is 2. The Morgan fingerprint density at radius 2 is 1.93 bits per heavy atom. The Bertz CT molecular complexity index is 787. The van der Waals surface area contributed by atoms with Crippen molar-refractivity contribution in [3.8, 4) is 5.69 Å². The molecule has 2 saturated heterocycles. The molecule has 0 bridgehead atoms. The minimum absolute atomic E-state index is 0.0302. The van der Waals surface area contributed by atoms with Gasteiger partial charge in [-0.05, 0) is 58.8 Å². The van der Waals surface area contributed by atoms with Crippen LogP contribution >= 0.6 is 0 Å². The maximum absolute atomic E-state index is 10.8. The van der Waals surface area contributed by atoms with Crippen molar-refractivity contribution in [2.45, 2.75) is 45.8 Å². The number of aromatic nitrogens is 2. The van der Waals surface area contributed by atoms with Crippen LogP contribution in [0.1, 0.15) is 36.2 Å². The summed E-state index contributed by atoms with van der Waals surface area (Å²) in [5, 5.41) is 15.6. The Kier molecular flexibility index (Phi) is 5.10. The van der Waals surface area contributed by atoms with E-state index in [-0.39, 0.29) is 11.5 Å². The SMILES string of the molecule is Cc1nn(-c2ccccc2)c(C)c1CN1CCC[C@]2(CN(C)CC[C@@H]2O)C1. The van der Waals surface area contributed by atoms with Gasteiger partial charge in [-0.2, -0.15) is 5.10 Å². The molecule has 2 aliphatic rings. The van der Waals surface area contributed by atoms with Gasteiger partial charge in [0.1, 0.15) is 0 Å². The molecular formula is C22H32N4O. The summed E-state index contributed by atoms with van der Waals surface area (Å²) in [5.41, 5.74) is 4.80. The van der Waals surface area contributed by atoms with Crippen LogP contribution in [0.2, 0.25) is 0 Å². The number of hydrogen-bond acceptors (Lipinski definition) is 4. The predicted octanol–water partition coefficient (Wildman–Crippen LogP) is 2.77. The Balaban J connectivity index is 1.55. The smallest absolute Gasteiger partial charge is 0.0648 e. The number of benzene rings is 1. The molecule has 3 heterocycles. The van der Waals surface area contributed by atoms with Crippen molar-refractivity contribution in [2.24, 2.45) is 5.41 Å². The van der Waals surface area contributed by atoms with Gasteiger partial charge in [-0.15, -0.1) is 0 Å². The summed E-state index contributed by atoms with van der Waals surface area (Å²) in [7, 11) is 2.19. The van der Waals surface area contributed by atoms with Crippen molar-refractivity contribution in [3.05, 3.63) is 47.3 Å². The van der Waals surface area contributed by atoms with Crippen molar-refractivity contribution in [1.82, 2.24) is 19.6 Å². The number of rotatable bonds is 3. The first-order valence-corrected chi connectivity index (χ1v) is 10.2. The van der Waals surface area contributed by atoms with E-state index in [2.05, 4.69) is 59.6 Å². The van der Waals surface area contributed by atoms with Gasteiger partial charge in [-0.3, -0.25) is 4.90 Å². The van der Waals surface area contributed by atoms with Crippen LogP contribution in [0.4, 0.5) is 0 Å². The highest BCUT2D eigenvalue weighted by atomic mass is 16.3. The van der Waals surface area contributed by atoms with Crippen LogP contribution in [-0.4, -0.2) is 64.0 Å². The summed E-state index contributed by atoms with van der Waals surface area (Å²) >= 11 is 0. The summed E-state index contributed by atoms with van der Waals surface area (Å²) in [6, 6.07) is 10.4. The lowest BCUT2D eigenvalue weighted by molar-refractivity contribution is -0.0808. The Hall–Kier alpha value is -1.69. The molecule has 0 aliphatic carbocycles. The van der Waals surface area contributed by atoms with Crippen LogP contribution in [0.3, 0.4) is 0 Å². The molecule has 1 aromatic carbocycles. The second-order valence-electron chi connectivity index (χ2n) is 8.62. The third kappa shape index (κ3) is 3.56. The number of hydrogen-bond donors (Lipinski definition) is 1. The highest BCUT2D eigenvalue weighted by molar-refractivity contribution is 5.36. The lowest BCUT2D eigenvalue weighted by Gasteiger charge is -2.50. The van der Waals surface area contributed by atoms with Gasteiger partial charge in [0, 0.05) is 42.9 Å². The quantitative estimate of drug-likeness (QED) is 0.905. The molecule has 1 spiro atoms. The molecule has 27 heavy (non-hydrogen) atoms. The third-order valence-corrected chi connectivity index (χ3v) is 6.59. The zero-order valence-electron chi connectivity index (χ0n) is 16.9. The molecule has 0 saturated carbocycles. The molecule has 1 aromatic heterocycles. The van der Waals surface area contributed by atoms with Gasteiger partial charge in [0.15, 0.2) is 0 Å². The zero-order chi connectivity index (χ0) is 19.0. The summed E-state index contributed by atoms with van der Waals surface area (Å²) in [6.45, 7) is 9.30. The van der Waals surface area contributed by atoms with Crippen LogP contribution in [0, 0.1) is 19.3 Å². The van der Waals surface area contributed by atoms with Gasteiger partial charge < -0.3 is 10.0 Å². The summed E-state index contributed by atoms with van der Waals surface area (Å²) in [4.78, 5) is 4.93. The maximum Gasteiger partial charge on any atom is 0.0648 e. The summed E-state index contributed by atoms with van der Waals surface area (Å²) < 4.78 is 2.06. The number of aryl methyl sites for hydroxylation is 1. The normalized spacial score (nSPS) is 27.3. The van der Waals surface area contributed by atoms with E-state index >= 15 is 0 Å². The van der Waals surface area contributed by atoms with Crippen LogP contribution in [-0.2, 0) is 6.54 Å². The van der Waals surface area contributed by atoms with Crippen LogP contribution in [0.25, 0.3) is 5.69 Å². The number of aliphatic hydroxyl groups is 1. The van der Waals surface area contributed by atoms with E-state index < -0.39 is 0 Å². The second-order valence-corrected chi connectivity index (χ2v) is 8.62. The monoisotopic (exact) mass is 368 g/mol. The molecule has 0 amide bonds. The van der Waals surface area contributed by atoms with Gasteiger partial charge in [-0.25, -0.2) is 4.68 Å². The maximum atomic E-state index is 10.8. The van der Waals surface area contributed by atoms with E-state index in [1.165, 1.54) is 11.3 Å². The molecule has 0 radical (unpaired) electrons. The molecule has 2 atom stereocenters. The minimum atomic E-state index is -0.175. The first-order valence-electron chi connectivity index (χ1n) is 10.2. The van der Waals surface area contributed by atoms with Gasteiger partial charge in [0.2, 0.25) is 0 Å². The van der Waals surface area contributed by atoms with Crippen molar-refractivity contribution < 1.29 is 5.11 Å². The average Bonchev–Trinajstić information content (AvgIpc) is 2.94. The van der Waals surface area contributed by atoms with Crippen LogP contribution in [0.15, 0.2) is 30.3 Å². The van der Waals surface area contributed by atoms with Crippen molar-refractivity contribution in [3.63, 3.8) is 0 Å². The van der Waals surface area contributed by atoms with Gasteiger partial charge in [-0.1, -0.05) is 18.2 Å². The topological polar surface area (TPSA) is 44.5 Å². The van der Waals surface area contributed by atoms with Crippen molar-refractivity contribution in [2.75, 3.05) is 33.2 Å². The number of para-hydroxylation sites is 1. The molecule has 1 N–H and O–H groups in total. The number of nitrogens with zero attached hydrogens (tertiary/aromatic N) is 4. The third-order valence-electron chi connectivity index (χ3n) is 6.59. The highest BCUT2D eigenvalue weighted by Gasteiger charge is 2.44. The molecule has 2 aliphatic heterocycles. The second kappa shape index (κ2) is 7.38. The Morgan fingerprint density at radius 1 is 1.15 bits per heavy atom. The van der Waals surface area contributed by atoms with Crippen LogP contribution < -0.4 is 0 Å². The molecule has 4 rings (SSSR count). The molecular weight excluding hydrogens is 336 g/mol. The fourth-order valence-corrected chi connectivity index (χ4v) is 5.11. The fraction of sp³-hybridized carbons (Fsp3) is 0.591. The molecule has 5 nitrogen and oxygen atoms in total. The summed E-state index contributed by atoms with van der Waals surface area (Å²) in [5.74, 6) is 0. The van der Waals surface area contributed by atoms with E-state index in [1.54, 1.807) is 0 Å². The molecule has 5 heteroatoms. The first-order chi connectivity index (χ1) is 13.0. The standard InChI is InChI=1S/C22H32N4O/c1-17-20(18(2)26(23-17)19-8-5-4-6-9-19)14-25-12-7-11-22(16-25)15-24(3)13-10-21(22)27/h4-6,8-9,21,27H,7,10-16H2,1-3H3/t21-,22-/m0/s1. The lowest BCUT2D eigenvalue weighted by Crippen LogP contribution is -2.58. The molecule has 146 valence electrons. The van der Waals surface area contributed by atoms with Gasteiger partial charge >= 0.3 is 0 Å². The molecule has 2 aromatic rings. The van der Waals surface area contributed by atoms with Crippen molar-refractivity contribution in [1.29, 1.82) is 0 Å². The van der Waals surface area contributed by atoms with Crippen LogP contribution in [0.5, 0.6) is 0 Å². The average molecular weight is 369 g/mol.